The molecule has 1 aromatic heterocycles. The predicted molar refractivity (Wildman–Crippen MR) is 78.7 cm³/mol. The van der Waals surface area contributed by atoms with Gasteiger partial charge in [0.05, 0.1) is 25.3 Å². The number of ether oxygens (including phenoxy) is 2. The van der Waals surface area contributed by atoms with Gasteiger partial charge in [0.25, 0.3) is 0 Å². The van der Waals surface area contributed by atoms with Crippen LogP contribution in [0.1, 0.15) is 33.1 Å². The number of hydrogen-bond acceptors (Lipinski definition) is 4. The Labute approximate surface area is 157 Å². The van der Waals surface area contributed by atoms with Crippen molar-refractivity contribution in [1.82, 2.24) is 4.98 Å². The molecule has 1 atom stereocenters. The first-order valence-electron chi connectivity index (χ1n) is 7.12. The fourth-order valence-corrected chi connectivity index (χ4v) is 2.62. The first-order chi connectivity index (χ1) is 11.7. The van der Waals surface area contributed by atoms with Crippen molar-refractivity contribution in [3.8, 4) is 0 Å². The number of H-pyrrole nitrogens is 1. The van der Waals surface area contributed by atoms with Gasteiger partial charge >= 0.3 is 18.1 Å². The summed E-state index contributed by atoms with van der Waals surface area (Å²) in [6.45, 7) is 1.16. The smallest absolute Gasteiger partial charge is 0.416 e. The van der Waals surface area contributed by atoms with E-state index < -0.39 is 29.7 Å². The summed E-state index contributed by atoms with van der Waals surface area (Å²) in [5, 5.41) is 0. The summed E-state index contributed by atoms with van der Waals surface area (Å²) < 4.78 is 50.3. The summed E-state index contributed by atoms with van der Waals surface area (Å²) in [6.07, 6.45) is -0.205. The number of benzene rings is 1. The predicted octanol–water partition coefficient (Wildman–Crippen LogP) is -0.818. The highest BCUT2D eigenvalue weighted by Crippen LogP contribution is 2.36. The largest absolute Gasteiger partial charge is 1.00 e. The Balaban J connectivity index is 0.00000338. The Morgan fingerprint density at radius 3 is 2.31 bits per heavy atom. The Morgan fingerprint density at radius 1 is 1.19 bits per heavy atom. The summed E-state index contributed by atoms with van der Waals surface area (Å²) in [6, 6.07) is 0.774. The number of esters is 2. The number of methoxy groups -OCH3 is 2. The van der Waals surface area contributed by atoms with Gasteiger partial charge in [-0.3, -0.25) is 4.98 Å². The number of carbonyl (C=O) groups excluding carboxylic acids is 2. The standard InChI is InChI=1S/C16H15F3N2O4.BrH/c1-9-11(16(17,18)19)5-4-10(12(9)14(22)24-2)13(15(23)25-3)21-7-6-20-8-21;/h4-8,13H,1-3H3;1H. The van der Waals surface area contributed by atoms with E-state index in [1.807, 2.05) is 0 Å². The zero-order valence-corrected chi connectivity index (χ0v) is 15.6. The minimum Gasteiger partial charge on any atom is -1.00 e. The van der Waals surface area contributed by atoms with Crippen LogP contribution in [0, 0.1) is 6.92 Å². The van der Waals surface area contributed by atoms with E-state index in [0.29, 0.717) is 0 Å². The van der Waals surface area contributed by atoms with Crippen LogP contribution in [0.15, 0.2) is 30.9 Å². The molecule has 2 aromatic rings. The number of nitrogens with zero attached hydrogens (tertiary/aromatic N) is 1. The summed E-state index contributed by atoms with van der Waals surface area (Å²) in [5.41, 5.74) is -1.56. The van der Waals surface area contributed by atoms with Crippen LogP contribution >= 0.6 is 0 Å². The van der Waals surface area contributed by atoms with Crippen LogP contribution in [0.25, 0.3) is 0 Å². The fraction of sp³-hybridized carbons (Fsp3) is 0.312. The third-order valence-electron chi connectivity index (χ3n) is 3.78. The lowest BCUT2D eigenvalue weighted by Gasteiger charge is -2.19. The summed E-state index contributed by atoms with van der Waals surface area (Å²) in [4.78, 5) is 27.1. The van der Waals surface area contributed by atoms with Crippen LogP contribution in [0.5, 0.6) is 0 Å². The fourth-order valence-electron chi connectivity index (χ4n) is 2.62. The molecule has 26 heavy (non-hydrogen) atoms. The van der Waals surface area contributed by atoms with Crippen molar-refractivity contribution in [3.05, 3.63) is 53.1 Å². The van der Waals surface area contributed by atoms with Crippen molar-refractivity contribution in [3.63, 3.8) is 0 Å². The van der Waals surface area contributed by atoms with Gasteiger partial charge in [-0.05, 0) is 18.6 Å². The second-order valence-corrected chi connectivity index (χ2v) is 5.18. The minimum atomic E-state index is -4.65. The van der Waals surface area contributed by atoms with E-state index in [9.17, 15) is 22.8 Å². The first kappa shape index (κ1) is 21.7. The summed E-state index contributed by atoms with van der Waals surface area (Å²) in [7, 11) is 2.21. The average molecular weight is 437 g/mol. The van der Waals surface area contributed by atoms with Crippen molar-refractivity contribution in [2.24, 2.45) is 0 Å². The molecule has 0 saturated heterocycles. The highest BCUT2D eigenvalue weighted by molar-refractivity contribution is 5.95. The number of nitrogens with one attached hydrogen (secondary N) is 1. The third-order valence-corrected chi connectivity index (χ3v) is 3.78. The van der Waals surface area contributed by atoms with Gasteiger partial charge in [-0.1, -0.05) is 6.07 Å². The van der Waals surface area contributed by atoms with Crippen LogP contribution in [0.2, 0.25) is 0 Å². The number of aromatic nitrogens is 2. The lowest BCUT2D eigenvalue weighted by molar-refractivity contribution is -0.700. The number of carbonyl (C=O) groups is 2. The zero-order valence-electron chi connectivity index (χ0n) is 14.1. The number of alkyl halides is 3. The van der Waals surface area contributed by atoms with Crippen LogP contribution in [0.3, 0.4) is 0 Å². The van der Waals surface area contributed by atoms with Crippen molar-refractivity contribution in [2.75, 3.05) is 14.2 Å². The average Bonchev–Trinajstić information content (AvgIpc) is 3.07. The van der Waals surface area contributed by atoms with Crippen LogP contribution in [-0.2, 0) is 20.4 Å². The summed E-state index contributed by atoms with van der Waals surface area (Å²) in [5.74, 6) is -1.71. The molecular weight excluding hydrogens is 421 g/mol. The molecule has 0 saturated carbocycles. The maximum Gasteiger partial charge on any atom is 0.416 e. The lowest BCUT2D eigenvalue weighted by atomic mass is 9.92. The SMILES string of the molecule is COC(=O)c1c(C(C(=O)OC)[n+]2cc[nH]c2)ccc(C(F)(F)F)c1C.[Br-]. The number of halogens is 4. The lowest BCUT2D eigenvalue weighted by Crippen LogP contribution is -3.00. The van der Waals surface area contributed by atoms with Gasteiger partial charge in [-0.15, -0.1) is 0 Å². The van der Waals surface area contributed by atoms with E-state index in [0.717, 1.165) is 33.3 Å². The molecule has 1 N–H and O–H groups in total. The van der Waals surface area contributed by atoms with Crippen LogP contribution in [0.4, 0.5) is 13.2 Å². The third kappa shape index (κ3) is 4.06. The molecule has 0 fully saturated rings. The zero-order chi connectivity index (χ0) is 18.8. The molecule has 0 aliphatic carbocycles. The number of hydrogen-bond donors (Lipinski definition) is 1. The Morgan fingerprint density at radius 2 is 1.85 bits per heavy atom. The van der Waals surface area contributed by atoms with Crippen LogP contribution < -0.4 is 21.5 Å². The highest BCUT2D eigenvalue weighted by atomic mass is 79.9. The first-order valence-corrected chi connectivity index (χ1v) is 7.12. The minimum absolute atomic E-state index is 0. The molecule has 0 bridgehead atoms. The Kier molecular flexibility index (Phi) is 6.96. The van der Waals surface area contributed by atoms with Gasteiger partial charge < -0.3 is 26.5 Å². The highest BCUT2D eigenvalue weighted by Gasteiger charge is 2.38. The van der Waals surface area contributed by atoms with Gasteiger partial charge in [-0.2, -0.15) is 13.2 Å². The second-order valence-electron chi connectivity index (χ2n) is 5.18. The normalized spacial score (nSPS) is 12.1. The van der Waals surface area contributed by atoms with Crippen molar-refractivity contribution in [1.29, 1.82) is 0 Å². The Hall–Kier alpha value is -2.36. The molecule has 0 amide bonds. The molecule has 2 rings (SSSR count). The van der Waals surface area contributed by atoms with Crippen molar-refractivity contribution >= 4 is 11.9 Å². The summed E-state index contributed by atoms with van der Waals surface area (Å²) >= 11 is 0. The molecule has 6 nitrogen and oxygen atoms in total. The molecule has 142 valence electrons. The van der Waals surface area contributed by atoms with Gasteiger partial charge in [0.15, 0.2) is 0 Å². The molecule has 0 spiro atoms. The monoisotopic (exact) mass is 436 g/mol. The molecule has 1 unspecified atom stereocenters. The maximum atomic E-state index is 13.2. The molecule has 0 radical (unpaired) electrons. The number of imidazole rings is 1. The van der Waals surface area contributed by atoms with Crippen molar-refractivity contribution in [2.45, 2.75) is 19.1 Å². The van der Waals surface area contributed by atoms with Crippen molar-refractivity contribution < 1.29 is 53.8 Å². The van der Waals surface area contributed by atoms with E-state index in [4.69, 9.17) is 4.74 Å². The molecule has 1 aromatic carbocycles. The van der Waals surface area contributed by atoms with Crippen LogP contribution in [-0.4, -0.2) is 31.1 Å². The molecule has 1 heterocycles. The van der Waals surface area contributed by atoms with Gasteiger partial charge in [0.1, 0.15) is 12.4 Å². The van der Waals surface area contributed by atoms with Gasteiger partial charge in [-0.25, -0.2) is 14.2 Å². The maximum absolute atomic E-state index is 13.2. The van der Waals surface area contributed by atoms with E-state index >= 15 is 0 Å². The molecule has 0 aliphatic heterocycles. The van der Waals surface area contributed by atoms with E-state index in [1.54, 1.807) is 0 Å². The Bertz CT molecular complexity index is 792. The number of aromatic amines is 1. The molecule has 10 heteroatoms. The van der Waals surface area contributed by atoms with Gasteiger partial charge in [0, 0.05) is 5.56 Å². The van der Waals surface area contributed by atoms with E-state index in [1.165, 1.54) is 23.3 Å². The van der Waals surface area contributed by atoms with E-state index in [-0.39, 0.29) is 33.7 Å². The topological polar surface area (TPSA) is 72.3 Å². The van der Waals surface area contributed by atoms with E-state index in [2.05, 4.69) is 9.72 Å². The van der Waals surface area contributed by atoms with Gasteiger partial charge in [0.2, 0.25) is 12.4 Å². The quantitative estimate of drug-likeness (QED) is 0.502. The molecular formula is C16H16BrF3N2O4. The second kappa shape index (κ2) is 8.35. The number of rotatable bonds is 4. The molecule has 0 aliphatic rings.